The lowest BCUT2D eigenvalue weighted by molar-refractivity contribution is 0.620. The van der Waals surface area contributed by atoms with Gasteiger partial charge in [-0.25, -0.2) is 9.97 Å². The van der Waals surface area contributed by atoms with Gasteiger partial charge in [0.2, 0.25) is 11.8 Å². The van der Waals surface area contributed by atoms with Crippen LogP contribution in [-0.4, -0.2) is 24.5 Å². The fraction of sp³-hybridized carbons (Fsp3) is 0. The molecule has 0 spiro atoms. The van der Waals surface area contributed by atoms with Crippen molar-refractivity contribution in [1.82, 2.24) is 24.5 Å². The molecular weight excluding hydrogens is 655 g/mol. The molecule has 0 radical (unpaired) electrons. The van der Waals surface area contributed by atoms with Crippen LogP contribution in [0.1, 0.15) is 0 Å². The summed E-state index contributed by atoms with van der Waals surface area (Å²) in [4.78, 5) is 20.4. The summed E-state index contributed by atoms with van der Waals surface area (Å²) in [5.41, 5.74) is 9.52. The minimum atomic E-state index is 0.484. The van der Waals surface area contributed by atoms with E-state index in [0.717, 1.165) is 77.1 Å². The summed E-state index contributed by atoms with van der Waals surface area (Å²) in [6.07, 6.45) is 0. The fourth-order valence-corrected chi connectivity index (χ4v) is 7.48. The highest BCUT2D eigenvalue weighted by molar-refractivity contribution is 6.10. The first-order valence-corrected chi connectivity index (χ1v) is 17.5. The van der Waals surface area contributed by atoms with Crippen LogP contribution < -0.4 is 0 Å². The van der Waals surface area contributed by atoms with E-state index in [4.69, 9.17) is 28.8 Å². The molecule has 7 nitrogen and oxygen atoms in total. The fourth-order valence-electron chi connectivity index (χ4n) is 7.48. The number of nitrogens with zero attached hydrogens (tertiary/aromatic N) is 5. The Balaban J connectivity index is 1.15. The first-order valence-electron chi connectivity index (χ1n) is 17.5. The Morgan fingerprint density at radius 2 is 1.02 bits per heavy atom. The van der Waals surface area contributed by atoms with Gasteiger partial charge in [0.05, 0.1) is 16.6 Å². The molecule has 0 saturated carbocycles. The van der Waals surface area contributed by atoms with E-state index in [1.807, 2.05) is 91.0 Å². The van der Waals surface area contributed by atoms with Crippen molar-refractivity contribution in [1.29, 1.82) is 0 Å². The molecule has 0 saturated heterocycles. The molecule has 0 unspecified atom stereocenters. The van der Waals surface area contributed by atoms with Crippen molar-refractivity contribution in [2.24, 2.45) is 0 Å². The molecule has 7 aromatic carbocycles. The normalized spacial score (nSPS) is 11.8. The molecule has 0 aliphatic rings. The third kappa shape index (κ3) is 4.68. The molecule has 248 valence electrons. The molecule has 0 amide bonds. The highest BCUT2D eigenvalue weighted by atomic mass is 16.3. The van der Waals surface area contributed by atoms with E-state index in [0.29, 0.717) is 29.1 Å². The van der Waals surface area contributed by atoms with Crippen LogP contribution in [0.3, 0.4) is 0 Å². The molecule has 0 aliphatic heterocycles. The molecule has 0 aliphatic carbocycles. The summed E-state index contributed by atoms with van der Waals surface area (Å²) in [5.74, 6) is 2.06. The number of rotatable bonds is 5. The molecule has 11 rings (SSSR count). The summed E-state index contributed by atoms with van der Waals surface area (Å²) >= 11 is 0. The van der Waals surface area contributed by atoms with Crippen LogP contribution in [0, 0.1) is 0 Å². The predicted octanol–water partition coefficient (Wildman–Crippen LogP) is 11.7. The number of benzene rings is 7. The third-order valence-corrected chi connectivity index (χ3v) is 9.92. The van der Waals surface area contributed by atoms with Gasteiger partial charge in [-0.15, -0.1) is 0 Å². The monoisotopic (exact) mass is 681 g/mol. The molecule has 4 aromatic heterocycles. The minimum absolute atomic E-state index is 0.484. The molecule has 7 heteroatoms. The second-order valence-electron chi connectivity index (χ2n) is 13.1. The highest BCUT2D eigenvalue weighted by Gasteiger charge is 2.21. The van der Waals surface area contributed by atoms with Crippen molar-refractivity contribution < 1.29 is 8.83 Å². The molecule has 0 bridgehead atoms. The Bertz CT molecular complexity index is 3140. The van der Waals surface area contributed by atoms with Gasteiger partial charge in [0.15, 0.2) is 17.2 Å². The Morgan fingerprint density at radius 3 is 1.85 bits per heavy atom. The van der Waals surface area contributed by atoms with E-state index in [9.17, 15) is 0 Å². The third-order valence-electron chi connectivity index (χ3n) is 9.92. The van der Waals surface area contributed by atoms with Crippen molar-refractivity contribution in [3.63, 3.8) is 0 Å². The van der Waals surface area contributed by atoms with E-state index < -0.39 is 0 Å². The van der Waals surface area contributed by atoms with Gasteiger partial charge in [-0.05, 0) is 54.1 Å². The number of hydrogen-bond acceptors (Lipinski definition) is 6. The standard InChI is InChI=1S/C46H27N5O2/c1-2-13-28(14-3-1)45-47-37-23-12-22-36(42(37)53-45)44-48-43(49-46(50-44)51-38-24-7-4-17-32(38)33-18-5-8-25-39(33)51)30-16-10-15-29(27-30)31-20-11-21-35-34-19-6-9-26-40(34)52-41(31)35/h1-27H. The van der Waals surface area contributed by atoms with Gasteiger partial charge >= 0.3 is 0 Å². The number of oxazole rings is 1. The van der Waals surface area contributed by atoms with E-state index in [1.165, 1.54) is 0 Å². The number of furan rings is 1. The van der Waals surface area contributed by atoms with Crippen molar-refractivity contribution in [3.05, 3.63) is 164 Å². The molecule has 4 heterocycles. The van der Waals surface area contributed by atoms with Crippen LogP contribution in [-0.2, 0) is 0 Å². The average Bonchev–Trinajstić information content (AvgIpc) is 3.93. The van der Waals surface area contributed by atoms with Gasteiger partial charge in [0, 0.05) is 38.2 Å². The molecule has 0 atom stereocenters. The van der Waals surface area contributed by atoms with Gasteiger partial charge in [-0.2, -0.15) is 9.97 Å². The predicted molar refractivity (Wildman–Crippen MR) is 211 cm³/mol. The number of para-hydroxylation sites is 5. The lowest BCUT2D eigenvalue weighted by atomic mass is 10.0. The van der Waals surface area contributed by atoms with Crippen molar-refractivity contribution in [2.75, 3.05) is 0 Å². The maximum absolute atomic E-state index is 6.47. The Hall–Kier alpha value is -7.38. The van der Waals surface area contributed by atoms with Gasteiger partial charge in [0.1, 0.15) is 16.7 Å². The maximum atomic E-state index is 6.47. The number of hydrogen-bond donors (Lipinski definition) is 0. The van der Waals surface area contributed by atoms with Gasteiger partial charge in [-0.1, -0.05) is 115 Å². The molecule has 0 fully saturated rings. The lowest BCUT2D eigenvalue weighted by Crippen LogP contribution is -2.06. The molecule has 11 aromatic rings. The van der Waals surface area contributed by atoms with Crippen molar-refractivity contribution in [3.8, 4) is 51.3 Å². The molecule has 53 heavy (non-hydrogen) atoms. The maximum Gasteiger partial charge on any atom is 0.238 e. The van der Waals surface area contributed by atoms with Crippen molar-refractivity contribution >= 4 is 54.8 Å². The summed E-state index contributed by atoms with van der Waals surface area (Å²) in [7, 11) is 0. The second-order valence-corrected chi connectivity index (χ2v) is 13.1. The number of fused-ring (bicyclic) bond motifs is 7. The minimum Gasteiger partial charge on any atom is -0.455 e. The zero-order valence-electron chi connectivity index (χ0n) is 28.1. The average molecular weight is 682 g/mol. The summed E-state index contributed by atoms with van der Waals surface area (Å²) in [5, 5.41) is 4.42. The first-order chi connectivity index (χ1) is 26.3. The van der Waals surface area contributed by atoms with Crippen LogP contribution in [0.4, 0.5) is 0 Å². The van der Waals surface area contributed by atoms with Gasteiger partial charge in [0.25, 0.3) is 0 Å². The van der Waals surface area contributed by atoms with Crippen LogP contribution in [0.2, 0.25) is 0 Å². The largest absolute Gasteiger partial charge is 0.455 e. The Kier molecular flexibility index (Phi) is 6.42. The highest BCUT2D eigenvalue weighted by Crippen LogP contribution is 2.38. The summed E-state index contributed by atoms with van der Waals surface area (Å²) in [6, 6.07) is 55.3. The van der Waals surface area contributed by atoms with E-state index in [2.05, 4.69) is 77.4 Å². The Morgan fingerprint density at radius 1 is 0.396 bits per heavy atom. The Labute approximate surface area is 302 Å². The molecular formula is C46H27N5O2. The van der Waals surface area contributed by atoms with Crippen LogP contribution in [0.5, 0.6) is 0 Å². The first kappa shape index (κ1) is 29.4. The van der Waals surface area contributed by atoms with E-state index in [1.54, 1.807) is 0 Å². The van der Waals surface area contributed by atoms with E-state index in [-0.39, 0.29) is 0 Å². The van der Waals surface area contributed by atoms with Crippen LogP contribution in [0.25, 0.3) is 106 Å². The quantitative estimate of drug-likeness (QED) is 0.180. The van der Waals surface area contributed by atoms with Crippen LogP contribution in [0.15, 0.2) is 173 Å². The zero-order valence-corrected chi connectivity index (χ0v) is 28.1. The summed E-state index contributed by atoms with van der Waals surface area (Å²) in [6.45, 7) is 0. The van der Waals surface area contributed by atoms with Crippen molar-refractivity contribution in [2.45, 2.75) is 0 Å². The SMILES string of the molecule is c1ccc(-c2nc3cccc(-c4nc(-c5cccc(-c6cccc7c6oc6ccccc67)c5)nc(-n5c6ccccc6c6ccccc65)n4)c3o2)cc1. The van der Waals surface area contributed by atoms with Crippen LogP contribution >= 0.6 is 0 Å². The van der Waals surface area contributed by atoms with E-state index >= 15 is 0 Å². The zero-order chi connectivity index (χ0) is 34.9. The topological polar surface area (TPSA) is 82.8 Å². The van der Waals surface area contributed by atoms with Gasteiger partial charge < -0.3 is 8.83 Å². The smallest absolute Gasteiger partial charge is 0.238 e. The molecule has 0 N–H and O–H groups in total. The summed E-state index contributed by atoms with van der Waals surface area (Å²) < 4.78 is 15.0. The van der Waals surface area contributed by atoms with Gasteiger partial charge in [-0.3, -0.25) is 4.57 Å². The lowest BCUT2D eigenvalue weighted by Gasteiger charge is -2.12. The number of aromatic nitrogens is 5. The second kappa shape index (κ2) is 11.6.